The molecule has 2 rings (SSSR count). The fourth-order valence-electron chi connectivity index (χ4n) is 3.15. The number of rotatable bonds is 12. The van der Waals surface area contributed by atoms with E-state index in [0.29, 0.717) is 30.6 Å². The van der Waals surface area contributed by atoms with Gasteiger partial charge >= 0.3 is 0 Å². The third kappa shape index (κ3) is 8.38. The number of carbonyl (C=O) groups is 3. The van der Waals surface area contributed by atoms with Gasteiger partial charge in [-0.3, -0.25) is 14.4 Å². The van der Waals surface area contributed by atoms with E-state index < -0.39 is 0 Å². The van der Waals surface area contributed by atoms with Crippen LogP contribution in [0.1, 0.15) is 66.1 Å². The summed E-state index contributed by atoms with van der Waals surface area (Å²) in [6.07, 6.45) is 5.46. The van der Waals surface area contributed by atoms with E-state index >= 15 is 0 Å². The summed E-state index contributed by atoms with van der Waals surface area (Å²) in [7, 11) is 0. The predicted octanol–water partition coefficient (Wildman–Crippen LogP) is 3.84. The Morgan fingerprint density at radius 1 is 0.844 bits per heavy atom. The van der Waals surface area contributed by atoms with E-state index in [1.807, 2.05) is 56.3 Å². The van der Waals surface area contributed by atoms with Crippen LogP contribution in [-0.4, -0.2) is 30.8 Å². The minimum absolute atomic E-state index is 0.117. The van der Waals surface area contributed by atoms with E-state index in [9.17, 15) is 14.4 Å². The number of carbonyl (C=O) groups excluding carboxylic acids is 3. The number of amides is 3. The molecule has 0 aliphatic heterocycles. The third-order valence-electron chi connectivity index (χ3n) is 5.01. The molecular formula is C26H33N3O3. The highest BCUT2D eigenvalue weighted by Crippen LogP contribution is 2.20. The number of benzene rings is 2. The lowest BCUT2D eigenvalue weighted by Crippen LogP contribution is -2.25. The average molecular weight is 436 g/mol. The predicted molar refractivity (Wildman–Crippen MR) is 129 cm³/mol. The zero-order chi connectivity index (χ0) is 23.3. The van der Waals surface area contributed by atoms with Crippen LogP contribution in [0.15, 0.2) is 48.5 Å². The zero-order valence-electron chi connectivity index (χ0n) is 18.9. The maximum Gasteiger partial charge on any atom is 0.251 e. The van der Waals surface area contributed by atoms with Gasteiger partial charge in [-0.25, -0.2) is 0 Å². The van der Waals surface area contributed by atoms with Crippen molar-refractivity contribution in [1.82, 2.24) is 10.6 Å². The van der Waals surface area contributed by atoms with Crippen LogP contribution in [0.25, 0.3) is 11.6 Å². The van der Waals surface area contributed by atoms with Gasteiger partial charge in [-0.1, -0.05) is 55.3 Å². The Labute approximate surface area is 190 Å². The summed E-state index contributed by atoms with van der Waals surface area (Å²) >= 11 is 0. The van der Waals surface area contributed by atoms with Gasteiger partial charge in [0, 0.05) is 30.6 Å². The Bertz CT molecular complexity index is 932. The van der Waals surface area contributed by atoms with Crippen molar-refractivity contribution in [2.45, 2.75) is 46.0 Å². The molecule has 32 heavy (non-hydrogen) atoms. The van der Waals surface area contributed by atoms with E-state index in [1.165, 1.54) is 0 Å². The minimum atomic E-state index is -0.295. The van der Waals surface area contributed by atoms with Crippen LogP contribution in [-0.2, 0) is 9.59 Å². The van der Waals surface area contributed by atoms with Crippen molar-refractivity contribution < 1.29 is 14.4 Å². The quantitative estimate of drug-likeness (QED) is 0.268. The van der Waals surface area contributed by atoms with Crippen LogP contribution in [0.2, 0.25) is 0 Å². The lowest BCUT2D eigenvalue weighted by Gasteiger charge is -2.10. The number of unbranched alkanes of at least 4 members (excludes halogenated alkanes) is 2. The normalized spacial score (nSPS) is 11.1. The molecule has 6 heteroatoms. The SMILES string of the molecule is CCCNC(=O)/C(=C/c1ccc(C(=O)NCCCCCC(N)=O)cc1)c1ccc(C)cc1. The number of nitrogens with two attached hydrogens (primary N) is 1. The Balaban J connectivity index is 2.04. The molecule has 4 N–H and O–H groups in total. The lowest BCUT2D eigenvalue weighted by molar-refractivity contribution is -0.118. The molecular weight excluding hydrogens is 402 g/mol. The highest BCUT2D eigenvalue weighted by molar-refractivity contribution is 6.24. The van der Waals surface area contributed by atoms with Crippen molar-refractivity contribution in [2.24, 2.45) is 5.73 Å². The van der Waals surface area contributed by atoms with Crippen molar-refractivity contribution in [1.29, 1.82) is 0 Å². The smallest absolute Gasteiger partial charge is 0.251 e. The van der Waals surface area contributed by atoms with Gasteiger partial charge in [0.05, 0.1) is 0 Å². The molecule has 2 aromatic rings. The topological polar surface area (TPSA) is 101 Å². The van der Waals surface area contributed by atoms with Gasteiger partial charge in [0.25, 0.3) is 11.8 Å². The largest absolute Gasteiger partial charge is 0.370 e. The Kier molecular flexibility index (Phi) is 10.2. The van der Waals surface area contributed by atoms with Gasteiger partial charge in [0.1, 0.15) is 0 Å². The molecule has 170 valence electrons. The van der Waals surface area contributed by atoms with Crippen LogP contribution in [0.5, 0.6) is 0 Å². The second-order valence-corrected chi connectivity index (χ2v) is 7.83. The standard InChI is InChI=1S/C26H33N3O3/c1-3-16-28-26(32)23(21-12-8-19(2)9-13-21)18-20-10-14-22(15-11-20)25(31)29-17-6-4-5-7-24(27)30/h8-15,18H,3-7,16-17H2,1-2H3,(H2,27,30)(H,28,32)(H,29,31)/b23-18+. The molecule has 0 atom stereocenters. The molecule has 0 unspecified atom stereocenters. The molecule has 0 bridgehead atoms. The van der Waals surface area contributed by atoms with Crippen LogP contribution in [0, 0.1) is 6.92 Å². The summed E-state index contributed by atoms with van der Waals surface area (Å²) in [6.45, 7) is 5.19. The summed E-state index contributed by atoms with van der Waals surface area (Å²) in [6, 6.07) is 15.0. The second-order valence-electron chi connectivity index (χ2n) is 7.83. The Hall–Kier alpha value is -3.41. The van der Waals surface area contributed by atoms with Gasteiger partial charge < -0.3 is 16.4 Å². The van der Waals surface area contributed by atoms with E-state index in [0.717, 1.165) is 42.4 Å². The first kappa shape index (κ1) is 24.9. The monoisotopic (exact) mass is 435 g/mol. The van der Waals surface area contributed by atoms with Crippen LogP contribution in [0.3, 0.4) is 0 Å². The van der Waals surface area contributed by atoms with Gasteiger partial charge in [-0.15, -0.1) is 0 Å². The van der Waals surface area contributed by atoms with Crippen molar-refractivity contribution in [3.8, 4) is 0 Å². The molecule has 2 aromatic carbocycles. The van der Waals surface area contributed by atoms with Crippen molar-refractivity contribution in [2.75, 3.05) is 13.1 Å². The molecule has 0 spiro atoms. The van der Waals surface area contributed by atoms with E-state index in [-0.39, 0.29) is 17.7 Å². The minimum Gasteiger partial charge on any atom is -0.370 e. The van der Waals surface area contributed by atoms with Gasteiger partial charge in [-0.05, 0) is 55.5 Å². The fourth-order valence-corrected chi connectivity index (χ4v) is 3.15. The Morgan fingerprint density at radius 3 is 2.12 bits per heavy atom. The summed E-state index contributed by atoms with van der Waals surface area (Å²) < 4.78 is 0. The summed E-state index contributed by atoms with van der Waals surface area (Å²) in [4.78, 5) is 35.8. The maximum atomic E-state index is 12.7. The second kappa shape index (κ2) is 13.1. The highest BCUT2D eigenvalue weighted by atomic mass is 16.2. The summed E-state index contributed by atoms with van der Waals surface area (Å²) in [5.74, 6) is -0.555. The first-order valence-corrected chi connectivity index (χ1v) is 11.1. The highest BCUT2D eigenvalue weighted by Gasteiger charge is 2.12. The summed E-state index contributed by atoms with van der Waals surface area (Å²) in [5, 5.41) is 5.83. The molecule has 6 nitrogen and oxygen atoms in total. The van der Waals surface area contributed by atoms with E-state index in [2.05, 4.69) is 10.6 Å². The van der Waals surface area contributed by atoms with Gasteiger partial charge in [0.15, 0.2) is 0 Å². The van der Waals surface area contributed by atoms with Crippen LogP contribution >= 0.6 is 0 Å². The van der Waals surface area contributed by atoms with Crippen LogP contribution < -0.4 is 16.4 Å². The van der Waals surface area contributed by atoms with Gasteiger partial charge in [0.2, 0.25) is 5.91 Å². The van der Waals surface area contributed by atoms with Crippen LogP contribution in [0.4, 0.5) is 0 Å². The Morgan fingerprint density at radius 2 is 1.50 bits per heavy atom. The third-order valence-corrected chi connectivity index (χ3v) is 5.01. The van der Waals surface area contributed by atoms with E-state index in [1.54, 1.807) is 12.1 Å². The zero-order valence-corrected chi connectivity index (χ0v) is 18.9. The fraction of sp³-hybridized carbons (Fsp3) is 0.346. The number of nitrogens with one attached hydrogen (secondary N) is 2. The number of hydrogen-bond donors (Lipinski definition) is 3. The van der Waals surface area contributed by atoms with Gasteiger partial charge in [-0.2, -0.15) is 0 Å². The molecule has 0 saturated heterocycles. The van der Waals surface area contributed by atoms with Crippen molar-refractivity contribution >= 4 is 29.4 Å². The lowest BCUT2D eigenvalue weighted by atomic mass is 10.00. The molecule has 0 radical (unpaired) electrons. The number of primary amides is 1. The summed E-state index contributed by atoms with van der Waals surface area (Å²) in [5.41, 5.74) is 9.09. The molecule has 0 fully saturated rings. The van der Waals surface area contributed by atoms with Crippen molar-refractivity contribution in [3.05, 3.63) is 70.8 Å². The van der Waals surface area contributed by atoms with Crippen molar-refractivity contribution in [3.63, 3.8) is 0 Å². The first-order chi connectivity index (χ1) is 15.4. The molecule has 0 aliphatic carbocycles. The molecule has 0 heterocycles. The molecule has 0 aromatic heterocycles. The number of hydrogen-bond acceptors (Lipinski definition) is 3. The average Bonchev–Trinajstić information content (AvgIpc) is 2.79. The number of aryl methyl sites for hydroxylation is 1. The molecule has 0 aliphatic rings. The molecule has 3 amide bonds. The molecule has 0 saturated carbocycles. The maximum absolute atomic E-state index is 12.7. The van der Waals surface area contributed by atoms with E-state index in [4.69, 9.17) is 5.73 Å². The first-order valence-electron chi connectivity index (χ1n) is 11.1.